The second-order valence-electron chi connectivity index (χ2n) is 5.99. The fourth-order valence-electron chi connectivity index (χ4n) is 3.31. The van der Waals surface area contributed by atoms with Gasteiger partial charge in [0.1, 0.15) is 5.82 Å². The standard InChI is InChI=1S/C19H14N4O2/c20-10-12-1-4-14(5-2-12)23-19-15(7-8-21-19)18(22-23)13-3-6-16-17(9-13)25-11-24-16/h1-6,9,21H,7-8,11H2. The SMILES string of the molecule is N#Cc1ccc(-n2nc(-c3ccc4c(c3)OCO4)c3c2NCC3)cc1. The van der Waals surface area contributed by atoms with Crippen LogP contribution in [0.15, 0.2) is 42.5 Å². The van der Waals surface area contributed by atoms with Crippen LogP contribution in [0.3, 0.4) is 0 Å². The van der Waals surface area contributed by atoms with Gasteiger partial charge < -0.3 is 14.8 Å². The molecule has 0 unspecified atom stereocenters. The Labute approximate surface area is 144 Å². The van der Waals surface area contributed by atoms with E-state index in [2.05, 4.69) is 11.4 Å². The highest BCUT2D eigenvalue weighted by molar-refractivity contribution is 5.74. The van der Waals surface area contributed by atoms with Crippen LogP contribution in [-0.2, 0) is 6.42 Å². The van der Waals surface area contributed by atoms with Gasteiger partial charge in [-0.2, -0.15) is 10.4 Å². The van der Waals surface area contributed by atoms with E-state index in [1.807, 2.05) is 35.0 Å². The van der Waals surface area contributed by atoms with Gasteiger partial charge in [-0.25, -0.2) is 4.68 Å². The van der Waals surface area contributed by atoms with Crippen molar-refractivity contribution in [1.29, 1.82) is 5.26 Å². The highest BCUT2D eigenvalue weighted by Gasteiger charge is 2.25. The van der Waals surface area contributed by atoms with Gasteiger partial charge in [-0.3, -0.25) is 0 Å². The third-order valence-corrected chi connectivity index (χ3v) is 4.54. The Balaban J connectivity index is 1.63. The van der Waals surface area contributed by atoms with Crippen LogP contribution >= 0.6 is 0 Å². The van der Waals surface area contributed by atoms with Crippen LogP contribution in [0.2, 0.25) is 0 Å². The Morgan fingerprint density at radius 3 is 2.76 bits per heavy atom. The van der Waals surface area contributed by atoms with Crippen LogP contribution < -0.4 is 14.8 Å². The van der Waals surface area contributed by atoms with Crippen molar-refractivity contribution in [2.24, 2.45) is 0 Å². The number of rotatable bonds is 2. The molecule has 0 saturated heterocycles. The average molecular weight is 330 g/mol. The molecule has 0 atom stereocenters. The van der Waals surface area contributed by atoms with Crippen molar-refractivity contribution in [3.05, 3.63) is 53.6 Å². The van der Waals surface area contributed by atoms with Gasteiger partial charge in [0, 0.05) is 17.7 Å². The van der Waals surface area contributed by atoms with E-state index in [-0.39, 0.29) is 6.79 Å². The van der Waals surface area contributed by atoms with Crippen molar-refractivity contribution in [3.63, 3.8) is 0 Å². The summed E-state index contributed by atoms with van der Waals surface area (Å²) in [7, 11) is 0. The second-order valence-corrected chi connectivity index (χ2v) is 5.99. The van der Waals surface area contributed by atoms with Gasteiger partial charge >= 0.3 is 0 Å². The molecule has 1 aromatic heterocycles. The predicted octanol–water partition coefficient (Wildman–Crippen LogP) is 3.11. The van der Waals surface area contributed by atoms with Gasteiger partial charge in [0.2, 0.25) is 6.79 Å². The lowest BCUT2D eigenvalue weighted by Gasteiger charge is -2.06. The molecule has 2 aliphatic rings. The molecule has 0 amide bonds. The van der Waals surface area contributed by atoms with Gasteiger partial charge in [-0.05, 0) is 48.9 Å². The first kappa shape index (κ1) is 13.9. The summed E-state index contributed by atoms with van der Waals surface area (Å²) in [5.41, 5.74) is 4.72. The normalized spacial score (nSPS) is 14.0. The number of ether oxygens (including phenoxy) is 2. The number of fused-ring (bicyclic) bond motifs is 2. The molecular formula is C19H14N4O2. The highest BCUT2D eigenvalue weighted by Crippen LogP contribution is 2.39. The van der Waals surface area contributed by atoms with Crippen molar-refractivity contribution in [3.8, 4) is 34.5 Å². The number of aromatic nitrogens is 2. The molecule has 0 aliphatic carbocycles. The van der Waals surface area contributed by atoms with E-state index in [1.165, 1.54) is 5.56 Å². The summed E-state index contributed by atoms with van der Waals surface area (Å²) in [5, 5.41) is 17.2. The molecule has 2 aromatic carbocycles. The lowest BCUT2D eigenvalue weighted by Crippen LogP contribution is -2.04. The number of benzene rings is 2. The van der Waals surface area contributed by atoms with E-state index in [0.29, 0.717) is 5.56 Å². The average Bonchev–Trinajstić information content (AvgIpc) is 3.37. The van der Waals surface area contributed by atoms with Gasteiger partial charge in [0.15, 0.2) is 11.5 Å². The van der Waals surface area contributed by atoms with Crippen LogP contribution in [0.5, 0.6) is 11.5 Å². The summed E-state index contributed by atoms with van der Waals surface area (Å²) in [5.74, 6) is 2.53. The molecule has 122 valence electrons. The first-order chi connectivity index (χ1) is 12.3. The number of nitriles is 1. The summed E-state index contributed by atoms with van der Waals surface area (Å²) in [6, 6.07) is 15.5. The minimum atomic E-state index is 0.262. The second kappa shape index (κ2) is 5.28. The zero-order chi connectivity index (χ0) is 16.8. The van der Waals surface area contributed by atoms with Gasteiger partial charge in [-0.1, -0.05) is 0 Å². The maximum absolute atomic E-state index is 8.98. The number of hydrogen-bond acceptors (Lipinski definition) is 5. The molecule has 0 bridgehead atoms. The van der Waals surface area contributed by atoms with Crippen molar-refractivity contribution < 1.29 is 9.47 Å². The smallest absolute Gasteiger partial charge is 0.231 e. The third-order valence-electron chi connectivity index (χ3n) is 4.54. The molecule has 0 fully saturated rings. The van der Waals surface area contributed by atoms with Gasteiger partial charge in [0.05, 0.1) is 23.0 Å². The summed E-state index contributed by atoms with van der Waals surface area (Å²) in [6.07, 6.45) is 0.926. The summed E-state index contributed by atoms with van der Waals surface area (Å²) >= 11 is 0. The molecule has 6 heteroatoms. The van der Waals surface area contributed by atoms with Crippen LogP contribution in [0.1, 0.15) is 11.1 Å². The topological polar surface area (TPSA) is 72.1 Å². The molecule has 3 aromatic rings. The van der Waals surface area contributed by atoms with E-state index in [4.69, 9.17) is 19.8 Å². The molecule has 0 saturated carbocycles. The molecule has 5 rings (SSSR count). The fourth-order valence-corrected chi connectivity index (χ4v) is 3.31. The first-order valence-corrected chi connectivity index (χ1v) is 8.10. The van der Waals surface area contributed by atoms with Crippen LogP contribution in [0.25, 0.3) is 16.9 Å². The Morgan fingerprint density at radius 2 is 1.92 bits per heavy atom. The van der Waals surface area contributed by atoms with Crippen LogP contribution in [-0.4, -0.2) is 23.1 Å². The molecule has 2 aliphatic heterocycles. The minimum Gasteiger partial charge on any atom is -0.454 e. The Kier molecular flexibility index (Phi) is 2.94. The van der Waals surface area contributed by atoms with Crippen molar-refractivity contribution in [2.75, 3.05) is 18.7 Å². The lowest BCUT2D eigenvalue weighted by molar-refractivity contribution is 0.174. The lowest BCUT2D eigenvalue weighted by atomic mass is 10.1. The summed E-state index contributed by atoms with van der Waals surface area (Å²) in [4.78, 5) is 0. The Morgan fingerprint density at radius 1 is 1.08 bits per heavy atom. The number of anilines is 1. The molecular weight excluding hydrogens is 316 g/mol. The monoisotopic (exact) mass is 330 g/mol. The van der Waals surface area contributed by atoms with Crippen molar-refractivity contribution in [2.45, 2.75) is 6.42 Å². The third kappa shape index (κ3) is 2.13. The first-order valence-electron chi connectivity index (χ1n) is 8.10. The van der Waals surface area contributed by atoms with E-state index in [9.17, 15) is 0 Å². The number of hydrogen-bond donors (Lipinski definition) is 1. The maximum Gasteiger partial charge on any atom is 0.231 e. The van der Waals surface area contributed by atoms with Crippen LogP contribution in [0.4, 0.5) is 5.82 Å². The molecule has 25 heavy (non-hydrogen) atoms. The molecule has 3 heterocycles. The zero-order valence-corrected chi connectivity index (χ0v) is 13.3. The zero-order valence-electron chi connectivity index (χ0n) is 13.3. The Hall–Kier alpha value is -3.46. The van der Waals surface area contributed by atoms with Crippen LogP contribution in [0, 0.1) is 11.3 Å². The summed E-state index contributed by atoms with van der Waals surface area (Å²) < 4.78 is 12.8. The summed E-state index contributed by atoms with van der Waals surface area (Å²) in [6.45, 7) is 1.15. The van der Waals surface area contributed by atoms with Gasteiger partial charge in [-0.15, -0.1) is 0 Å². The highest BCUT2D eigenvalue weighted by atomic mass is 16.7. The fraction of sp³-hybridized carbons (Fsp3) is 0.158. The van der Waals surface area contributed by atoms with E-state index < -0.39 is 0 Å². The van der Waals surface area contributed by atoms with Gasteiger partial charge in [0.25, 0.3) is 0 Å². The minimum absolute atomic E-state index is 0.262. The van der Waals surface area contributed by atoms with Crippen molar-refractivity contribution in [1.82, 2.24) is 9.78 Å². The predicted molar refractivity (Wildman–Crippen MR) is 92.0 cm³/mol. The number of nitrogens with one attached hydrogen (secondary N) is 1. The largest absolute Gasteiger partial charge is 0.454 e. The molecule has 1 N–H and O–H groups in total. The quantitative estimate of drug-likeness (QED) is 0.782. The van der Waals surface area contributed by atoms with E-state index >= 15 is 0 Å². The molecule has 0 radical (unpaired) electrons. The van der Waals surface area contributed by atoms with E-state index in [0.717, 1.165) is 47.2 Å². The maximum atomic E-state index is 8.98. The Bertz CT molecular complexity index is 1020. The molecule has 0 spiro atoms. The van der Waals surface area contributed by atoms with Crippen molar-refractivity contribution >= 4 is 5.82 Å². The van der Waals surface area contributed by atoms with E-state index in [1.54, 1.807) is 12.1 Å². The molecule has 6 nitrogen and oxygen atoms in total. The number of nitrogens with zero attached hydrogens (tertiary/aromatic N) is 3.